The van der Waals surface area contributed by atoms with Crippen molar-refractivity contribution in [1.29, 1.82) is 0 Å². The summed E-state index contributed by atoms with van der Waals surface area (Å²) in [5.74, 6) is 0.843. The number of ether oxygens (including phenoxy) is 1. The van der Waals surface area contributed by atoms with Gasteiger partial charge in [0.1, 0.15) is 5.75 Å². The first-order valence-electron chi connectivity index (χ1n) is 6.26. The van der Waals surface area contributed by atoms with Crippen LogP contribution in [0.3, 0.4) is 0 Å². The smallest absolute Gasteiger partial charge is 0.229 e. The van der Waals surface area contributed by atoms with Crippen molar-refractivity contribution in [3.63, 3.8) is 0 Å². The molecule has 0 bridgehead atoms. The second kappa shape index (κ2) is 7.01. The maximum atomic E-state index is 11.9. The van der Waals surface area contributed by atoms with Crippen molar-refractivity contribution in [2.75, 3.05) is 25.1 Å². The largest absolute Gasteiger partial charge is 0.493 e. The summed E-state index contributed by atoms with van der Waals surface area (Å²) >= 11 is 0. The summed E-state index contributed by atoms with van der Waals surface area (Å²) in [6.45, 7) is 4.99. The molecule has 0 spiro atoms. The Morgan fingerprint density at radius 2 is 2.17 bits per heavy atom. The summed E-state index contributed by atoms with van der Waals surface area (Å²) in [6.07, 6.45) is 0.824. The Labute approximate surface area is 109 Å². The molecule has 1 rings (SSSR count). The van der Waals surface area contributed by atoms with Crippen LogP contribution in [-0.4, -0.2) is 26.1 Å². The minimum atomic E-state index is -0.0168. The van der Waals surface area contributed by atoms with Crippen molar-refractivity contribution in [2.45, 2.75) is 20.3 Å². The SMILES string of the molecule is CC(C)C(=O)N(C)c1cccc(OCCCN)c1. The fraction of sp³-hybridized carbons (Fsp3) is 0.500. The van der Waals surface area contributed by atoms with Crippen molar-refractivity contribution < 1.29 is 9.53 Å². The second-order valence-electron chi connectivity index (χ2n) is 4.54. The van der Waals surface area contributed by atoms with Crippen LogP contribution in [0.5, 0.6) is 5.75 Å². The lowest BCUT2D eigenvalue weighted by Gasteiger charge is -2.20. The Bertz CT molecular complexity index is 391. The number of nitrogens with two attached hydrogens (primary N) is 1. The van der Waals surface area contributed by atoms with E-state index in [2.05, 4.69) is 0 Å². The molecule has 1 aromatic rings. The molecule has 0 unspecified atom stereocenters. The van der Waals surface area contributed by atoms with E-state index in [9.17, 15) is 4.79 Å². The van der Waals surface area contributed by atoms with Gasteiger partial charge in [0.25, 0.3) is 0 Å². The number of benzene rings is 1. The number of carbonyl (C=O) groups excluding carboxylic acids is 1. The molecule has 1 aromatic carbocycles. The summed E-state index contributed by atoms with van der Waals surface area (Å²) in [4.78, 5) is 13.5. The number of hydrogen-bond acceptors (Lipinski definition) is 3. The first kappa shape index (κ1) is 14.5. The lowest BCUT2D eigenvalue weighted by molar-refractivity contribution is -0.121. The predicted octanol–water partition coefficient (Wildman–Crippen LogP) is 2.03. The number of anilines is 1. The molecule has 0 aliphatic heterocycles. The van der Waals surface area contributed by atoms with Gasteiger partial charge in [0.15, 0.2) is 0 Å². The Kier molecular flexibility index (Phi) is 5.65. The van der Waals surface area contributed by atoms with E-state index in [1.54, 1.807) is 11.9 Å². The highest BCUT2D eigenvalue weighted by atomic mass is 16.5. The molecule has 1 amide bonds. The molecule has 0 fully saturated rings. The minimum absolute atomic E-state index is 0.0168. The van der Waals surface area contributed by atoms with Crippen molar-refractivity contribution >= 4 is 11.6 Å². The van der Waals surface area contributed by atoms with E-state index < -0.39 is 0 Å². The number of rotatable bonds is 6. The fourth-order valence-electron chi connectivity index (χ4n) is 1.57. The standard InChI is InChI=1S/C14H22N2O2/c1-11(2)14(17)16(3)12-6-4-7-13(10-12)18-9-5-8-15/h4,6-7,10-11H,5,8-9,15H2,1-3H3. The zero-order valence-electron chi connectivity index (χ0n) is 11.3. The molecule has 100 valence electrons. The summed E-state index contributed by atoms with van der Waals surface area (Å²) in [5, 5.41) is 0. The molecule has 18 heavy (non-hydrogen) atoms. The maximum Gasteiger partial charge on any atom is 0.229 e. The van der Waals surface area contributed by atoms with E-state index in [4.69, 9.17) is 10.5 Å². The summed E-state index contributed by atoms with van der Waals surface area (Å²) < 4.78 is 5.56. The Morgan fingerprint density at radius 3 is 2.78 bits per heavy atom. The van der Waals surface area contributed by atoms with Crippen molar-refractivity contribution in [2.24, 2.45) is 11.7 Å². The molecule has 4 heteroatoms. The third kappa shape index (κ3) is 4.04. The van der Waals surface area contributed by atoms with Gasteiger partial charge in [-0.3, -0.25) is 4.79 Å². The molecule has 0 saturated carbocycles. The monoisotopic (exact) mass is 250 g/mol. The second-order valence-corrected chi connectivity index (χ2v) is 4.54. The molecule has 0 aromatic heterocycles. The lowest BCUT2D eigenvalue weighted by Crippen LogP contribution is -2.30. The maximum absolute atomic E-state index is 11.9. The molecule has 0 heterocycles. The van der Waals surface area contributed by atoms with E-state index in [1.165, 1.54) is 0 Å². The first-order chi connectivity index (χ1) is 8.56. The van der Waals surface area contributed by atoms with Crippen LogP contribution in [0, 0.1) is 5.92 Å². The van der Waals surface area contributed by atoms with E-state index in [1.807, 2.05) is 38.1 Å². The third-order valence-corrected chi connectivity index (χ3v) is 2.65. The van der Waals surface area contributed by atoms with Crippen LogP contribution in [0.15, 0.2) is 24.3 Å². The fourth-order valence-corrected chi connectivity index (χ4v) is 1.57. The highest BCUT2D eigenvalue weighted by Crippen LogP contribution is 2.21. The van der Waals surface area contributed by atoms with E-state index >= 15 is 0 Å². The lowest BCUT2D eigenvalue weighted by atomic mass is 10.2. The molecular weight excluding hydrogens is 228 g/mol. The Morgan fingerprint density at radius 1 is 1.44 bits per heavy atom. The van der Waals surface area contributed by atoms with E-state index in [0.29, 0.717) is 13.2 Å². The van der Waals surface area contributed by atoms with Gasteiger partial charge in [-0.2, -0.15) is 0 Å². The van der Waals surface area contributed by atoms with Gasteiger partial charge in [0.2, 0.25) is 5.91 Å². The first-order valence-corrected chi connectivity index (χ1v) is 6.26. The Hall–Kier alpha value is -1.55. The van der Waals surface area contributed by atoms with Gasteiger partial charge in [-0.1, -0.05) is 19.9 Å². The Balaban J connectivity index is 2.72. The van der Waals surface area contributed by atoms with Crippen molar-refractivity contribution in [3.05, 3.63) is 24.3 Å². The minimum Gasteiger partial charge on any atom is -0.493 e. The highest BCUT2D eigenvalue weighted by Gasteiger charge is 2.14. The summed E-state index contributed by atoms with van der Waals surface area (Å²) in [6, 6.07) is 7.54. The van der Waals surface area contributed by atoms with Crippen molar-refractivity contribution in [3.8, 4) is 5.75 Å². The van der Waals surface area contributed by atoms with Gasteiger partial charge >= 0.3 is 0 Å². The quantitative estimate of drug-likeness (QED) is 0.786. The van der Waals surface area contributed by atoms with Crippen LogP contribution in [-0.2, 0) is 4.79 Å². The summed E-state index contributed by atoms with van der Waals surface area (Å²) in [5.41, 5.74) is 6.26. The van der Waals surface area contributed by atoms with Gasteiger partial charge in [0, 0.05) is 24.7 Å². The highest BCUT2D eigenvalue weighted by molar-refractivity contribution is 5.94. The zero-order chi connectivity index (χ0) is 13.5. The van der Waals surface area contributed by atoms with Gasteiger partial charge in [-0.15, -0.1) is 0 Å². The molecule has 0 saturated heterocycles. The van der Waals surface area contributed by atoms with Gasteiger partial charge in [0.05, 0.1) is 6.61 Å². The van der Waals surface area contributed by atoms with Gasteiger partial charge in [-0.05, 0) is 25.1 Å². The molecule has 0 atom stereocenters. The summed E-state index contributed by atoms with van der Waals surface area (Å²) in [7, 11) is 1.78. The molecule has 4 nitrogen and oxygen atoms in total. The number of carbonyl (C=O) groups is 1. The van der Waals surface area contributed by atoms with Crippen molar-refractivity contribution in [1.82, 2.24) is 0 Å². The normalized spacial score (nSPS) is 10.5. The van der Waals surface area contributed by atoms with Crippen LogP contribution in [0.2, 0.25) is 0 Å². The van der Waals surface area contributed by atoms with Crippen LogP contribution >= 0.6 is 0 Å². The number of nitrogens with zero attached hydrogens (tertiary/aromatic N) is 1. The van der Waals surface area contributed by atoms with Gasteiger partial charge in [-0.25, -0.2) is 0 Å². The van der Waals surface area contributed by atoms with Crippen LogP contribution in [0.1, 0.15) is 20.3 Å². The number of hydrogen-bond donors (Lipinski definition) is 1. The molecular formula is C14H22N2O2. The van der Waals surface area contributed by atoms with E-state index in [-0.39, 0.29) is 11.8 Å². The third-order valence-electron chi connectivity index (χ3n) is 2.65. The van der Waals surface area contributed by atoms with Crippen LogP contribution in [0.4, 0.5) is 5.69 Å². The average molecular weight is 250 g/mol. The number of amides is 1. The molecule has 0 radical (unpaired) electrons. The zero-order valence-corrected chi connectivity index (χ0v) is 11.3. The van der Waals surface area contributed by atoms with Crippen LogP contribution in [0.25, 0.3) is 0 Å². The van der Waals surface area contributed by atoms with E-state index in [0.717, 1.165) is 17.9 Å². The average Bonchev–Trinajstić information content (AvgIpc) is 2.37. The van der Waals surface area contributed by atoms with Crippen LogP contribution < -0.4 is 15.4 Å². The topological polar surface area (TPSA) is 55.6 Å². The van der Waals surface area contributed by atoms with Gasteiger partial charge < -0.3 is 15.4 Å². The predicted molar refractivity (Wildman–Crippen MR) is 73.9 cm³/mol. The molecule has 0 aliphatic carbocycles. The molecule has 2 N–H and O–H groups in total. The molecule has 0 aliphatic rings.